The highest BCUT2D eigenvalue weighted by atomic mass is 16.5. The van der Waals surface area contributed by atoms with Crippen LogP contribution in [0.25, 0.3) is 11.0 Å². The van der Waals surface area contributed by atoms with E-state index in [0.717, 1.165) is 11.0 Å². The molecule has 0 aliphatic carbocycles. The Labute approximate surface area is 130 Å². The molecule has 22 heavy (non-hydrogen) atoms. The zero-order valence-corrected chi connectivity index (χ0v) is 13.5. The normalized spacial score (nSPS) is 22.5. The van der Waals surface area contributed by atoms with Crippen molar-refractivity contribution in [3.63, 3.8) is 0 Å². The smallest absolute Gasteiger partial charge is 0.255 e. The van der Waals surface area contributed by atoms with Gasteiger partial charge in [-0.2, -0.15) is 5.10 Å². The summed E-state index contributed by atoms with van der Waals surface area (Å²) in [5.41, 5.74) is 1.42. The van der Waals surface area contributed by atoms with Crippen LogP contribution in [0.2, 0.25) is 0 Å². The molecule has 1 saturated heterocycles. The van der Waals surface area contributed by atoms with Gasteiger partial charge in [0.1, 0.15) is 0 Å². The third kappa shape index (κ3) is 2.70. The Bertz CT molecular complexity index is 685. The van der Waals surface area contributed by atoms with Crippen molar-refractivity contribution in [3.05, 3.63) is 24.0 Å². The molecule has 6 heteroatoms. The summed E-state index contributed by atoms with van der Waals surface area (Å²) in [5, 5.41) is 5.24. The predicted molar refractivity (Wildman–Crippen MR) is 83.8 cm³/mol. The Balaban J connectivity index is 1.88. The lowest BCUT2D eigenvalue weighted by molar-refractivity contribution is -0.0586. The molecule has 2 aromatic rings. The molecule has 3 rings (SSSR count). The van der Waals surface area contributed by atoms with Crippen LogP contribution in [0.5, 0.6) is 0 Å². The molecule has 118 valence electrons. The van der Waals surface area contributed by atoms with E-state index in [2.05, 4.69) is 23.9 Å². The molecule has 2 aromatic heterocycles. The van der Waals surface area contributed by atoms with E-state index >= 15 is 0 Å². The van der Waals surface area contributed by atoms with Crippen molar-refractivity contribution in [1.29, 1.82) is 0 Å². The van der Waals surface area contributed by atoms with Crippen LogP contribution in [0.15, 0.2) is 18.5 Å². The van der Waals surface area contributed by atoms with Gasteiger partial charge in [0.25, 0.3) is 5.91 Å². The monoisotopic (exact) mass is 302 g/mol. The Kier molecular flexibility index (Phi) is 3.87. The van der Waals surface area contributed by atoms with Crippen LogP contribution in [-0.4, -0.2) is 50.9 Å². The second-order valence-electron chi connectivity index (χ2n) is 6.29. The molecular weight excluding hydrogens is 280 g/mol. The van der Waals surface area contributed by atoms with Gasteiger partial charge in [-0.25, -0.2) is 9.67 Å². The molecule has 2 atom stereocenters. The van der Waals surface area contributed by atoms with E-state index in [-0.39, 0.29) is 24.2 Å². The van der Waals surface area contributed by atoms with E-state index in [1.54, 1.807) is 12.4 Å². The Morgan fingerprint density at radius 2 is 1.95 bits per heavy atom. The summed E-state index contributed by atoms with van der Waals surface area (Å²) in [6, 6.07) is 2.12. The first-order valence-electron chi connectivity index (χ1n) is 7.73. The molecular formula is C16H22N4O2. The lowest BCUT2D eigenvalue weighted by Crippen LogP contribution is -2.48. The molecule has 1 aliphatic heterocycles. The summed E-state index contributed by atoms with van der Waals surface area (Å²) in [6.07, 6.45) is 3.54. The number of rotatable bonds is 2. The lowest BCUT2D eigenvalue weighted by atomic mass is 10.1. The van der Waals surface area contributed by atoms with E-state index in [0.29, 0.717) is 18.7 Å². The first-order chi connectivity index (χ1) is 10.5. The molecule has 1 fully saturated rings. The fourth-order valence-electron chi connectivity index (χ4n) is 2.96. The summed E-state index contributed by atoms with van der Waals surface area (Å²) in [4.78, 5) is 19.0. The van der Waals surface area contributed by atoms with Gasteiger partial charge in [-0.15, -0.1) is 0 Å². The number of carbonyl (C=O) groups excluding carboxylic acids is 1. The maximum absolute atomic E-state index is 12.7. The molecule has 0 radical (unpaired) electrons. The zero-order chi connectivity index (χ0) is 15.9. The molecule has 1 aliphatic rings. The van der Waals surface area contributed by atoms with Crippen LogP contribution in [0, 0.1) is 0 Å². The van der Waals surface area contributed by atoms with Crippen molar-refractivity contribution in [2.45, 2.75) is 45.9 Å². The van der Waals surface area contributed by atoms with Gasteiger partial charge in [-0.3, -0.25) is 4.79 Å². The molecule has 0 bridgehead atoms. The standard InChI is InChI=1S/C16H22N4O2/c1-10(2)20-15-13(7-18-20)5-14(6-17-15)16(21)19-8-11(3)22-12(4)9-19/h5-7,10-12H,8-9H2,1-4H3. The fraction of sp³-hybridized carbons (Fsp3) is 0.562. The summed E-state index contributed by atoms with van der Waals surface area (Å²) >= 11 is 0. The van der Waals surface area contributed by atoms with Crippen LogP contribution >= 0.6 is 0 Å². The van der Waals surface area contributed by atoms with E-state index in [9.17, 15) is 4.79 Å². The Morgan fingerprint density at radius 1 is 1.27 bits per heavy atom. The van der Waals surface area contributed by atoms with Crippen LogP contribution in [0.4, 0.5) is 0 Å². The summed E-state index contributed by atoms with van der Waals surface area (Å²) in [5.74, 6) is 0.00805. The number of fused-ring (bicyclic) bond motifs is 1. The molecule has 0 aromatic carbocycles. The number of pyridine rings is 1. The van der Waals surface area contributed by atoms with Gasteiger partial charge in [-0.1, -0.05) is 0 Å². The largest absolute Gasteiger partial charge is 0.372 e. The second kappa shape index (κ2) is 5.68. The van der Waals surface area contributed by atoms with E-state index in [1.807, 2.05) is 29.5 Å². The maximum Gasteiger partial charge on any atom is 0.255 e. The zero-order valence-electron chi connectivity index (χ0n) is 13.5. The average Bonchev–Trinajstić information content (AvgIpc) is 2.88. The SMILES string of the molecule is CC1CN(C(=O)c2cnc3c(cnn3C(C)C)c2)CC(C)O1. The highest BCUT2D eigenvalue weighted by Gasteiger charge is 2.27. The topological polar surface area (TPSA) is 60.2 Å². The minimum Gasteiger partial charge on any atom is -0.372 e. The predicted octanol–water partition coefficient (Wildman–Crippen LogP) is 2.26. The van der Waals surface area contributed by atoms with Crippen molar-refractivity contribution in [1.82, 2.24) is 19.7 Å². The maximum atomic E-state index is 12.7. The number of hydrogen-bond donors (Lipinski definition) is 0. The van der Waals surface area contributed by atoms with E-state index in [4.69, 9.17) is 4.74 Å². The van der Waals surface area contributed by atoms with Crippen LogP contribution < -0.4 is 0 Å². The average molecular weight is 302 g/mol. The third-order valence-electron chi connectivity index (χ3n) is 3.88. The van der Waals surface area contributed by atoms with Crippen LogP contribution in [-0.2, 0) is 4.74 Å². The van der Waals surface area contributed by atoms with Gasteiger partial charge in [0.2, 0.25) is 0 Å². The third-order valence-corrected chi connectivity index (χ3v) is 3.88. The number of nitrogens with zero attached hydrogens (tertiary/aromatic N) is 4. The van der Waals surface area contributed by atoms with E-state index < -0.39 is 0 Å². The summed E-state index contributed by atoms with van der Waals surface area (Å²) < 4.78 is 7.54. The van der Waals surface area contributed by atoms with Crippen molar-refractivity contribution in [3.8, 4) is 0 Å². The van der Waals surface area contributed by atoms with Crippen LogP contribution in [0.3, 0.4) is 0 Å². The lowest BCUT2D eigenvalue weighted by Gasteiger charge is -2.35. The van der Waals surface area contributed by atoms with Crippen molar-refractivity contribution >= 4 is 16.9 Å². The highest BCUT2D eigenvalue weighted by molar-refractivity contribution is 5.96. The summed E-state index contributed by atoms with van der Waals surface area (Å²) in [6.45, 7) is 9.33. The quantitative estimate of drug-likeness (QED) is 0.854. The Hall–Kier alpha value is -1.95. The highest BCUT2D eigenvalue weighted by Crippen LogP contribution is 2.19. The second-order valence-corrected chi connectivity index (χ2v) is 6.29. The van der Waals surface area contributed by atoms with Crippen LogP contribution in [0.1, 0.15) is 44.1 Å². The number of aromatic nitrogens is 3. The minimum absolute atomic E-state index is 0.00805. The van der Waals surface area contributed by atoms with Gasteiger partial charge in [0, 0.05) is 30.7 Å². The minimum atomic E-state index is 0.00805. The number of hydrogen-bond acceptors (Lipinski definition) is 4. The van der Waals surface area contributed by atoms with Gasteiger partial charge < -0.3 is 9.64 Å². The molecule has 0 saturated carbocycles. The fourth-order valence-corrected chi connectivity index (χ4v) is 2.96. The molecule has 0 spiro atoms. The molecule has 1 amide bonds. The van der Waals surface area contributed by atoms with Crippen molar-refractivity contribution in [2.24, 2.45) is 0 Å². The molecule has 3 heterocycles. The number of morpholine rings is 1. The Morgan fingerprint density at radius 3 is 2.59 bits per heavy atom. The van der Waals surface area contributed by atoms with Crippen molar-refractivity contribution < 1.29 is 9.53 Å². The van der Waals surface area contributed by atoms with Gasteiger partial charge in [0.05, 0.1) is 24.0 Å². The van der Waals surface area contributed by atoms with Gasteiger partial charge in [0.15, 0.2) is 5.65 Å². The number of carbonyl (C=O) groups is 1. The van der Waals surface area contributed by atoms with Gasteiger partial charge >= 0.3 is 0 Å². The van der Waals surface area contributed by atoms with Gasteiger partial charge in [-0.05, 0) is 33.8 Å². The first-order valence-corrected chi connectivity index (χ1v) is 7.73. The molecule has 6 nitrogen and oxygen atoms in total. The van der Waals surface area contributed by atoms with Crippen molar-refractivity contribution in [2.75, 3.05) is 13.1 Å². The van der Waals surface area contributed by atoms with E-state index in [1.165, 1.54) is 0 Å². The summed E-state index contributed by atoms with van der Waals surface area (Å²) in [7, 11) is 0. The molecule has 2 unspecified atom stereocenters. The molecule has 0 N–H and O–H groups in total. The number of ether oxygens (including phenoxy) is 1. The number of amides is 1. The first kappa shape index (κ1) is 15.0.